The van der Waals surface area contributed by atoms with E-state index < -0.39 is 0 Å². The van der Waals surface area contributed by atoms with Crippen molar-refractivity contribution in [3.05, 3.63) is 29.4 Å². The van der Waals surface area contributed by atoms with Gasteiger partial charge in [0.1, 0.15) is 0 Å². The molecule has 0 spiro atoms. The van der Waals surface area contributed by atoms with Crippen LogP contribution in [0.2, 0.25) is 0 Å². The molecule has 108 valence electrons. The Balaban J connectivity index is 2.10. The predicted octanol–water partition coefficient (Wildman–Crippen LogP) is 3.04. The molecule has 1 saturated heterocycles. The monoisotopic (exact) mass is 275 g/mol. The highest BCUT2D eigenvalue weighted by Crippen LogP contribution is 2.37. The van der Waals surface area contributed by atoms with Gasteiger partial charge in [0.25, 0.3) is 0 Å². The first-order valence-corrected chi connectivity index (χ1v) is 6.80. The summed E-state index contributed by atoms with van der Waals surface area (Å²) in [6.45, 7) is 10.1. The zero-order valence-electron chi connectivity index (χ0n) is 13.1. The van der Waals surface area contributed by atoms with Crippen molar-refractivity contribution in [3.63, 3.8) is 0 Å². The van der Waals surface area contributed by atoms with E-state index in [1.54, 1.807) is 13.3 Å². The Morgan fingerprint density at radius 3 is 2.30 bits per heavy atom. The lowest BCUT2D eigenvalue weighted by molar-refractivity contribution is 0.00578. The topological polar surface area (TPSA) is 40.6 Å². The van der Waals surface area contributed by atoms with Crippen LogP contribution in [0.4, 0.5) is 0 Å². The fraction of sp³-hybridized carbons (Fsp3) is 0.533. The quantitative estimate of drug-likeness (QED) is 0.795. The van der Waals surface area contributed by atoms with Gasteiger partial charge in [-0.15, -0.1) is 0 Å². The second-order valence-electron chi connectivity index (χ2n) is 6.08. The molecule has 4 nitrogen and oxygen atoms in total. The zero-order chi connectivity index (χ0) is 15.0. The molecule has 0 radical (unpaired) electrons. The van der Waals surface area contributed by atoms with Crippen molar-refractivity contribution in [1.29, 1.82) is 0 Å². The van der Waals surface area contributed by atoms with E-state index in [-0.39, 0.29) is 18.3 Å². The third-order valence-electron chi connectivity index (χ3n) is 3.96. The summed E-state index contributed by atoms with van der Waals surface area (Å²) < 4.78 is 17.0. The highest BCUT2D eigenvalue weighted by Gasteiger charge is 2.49. The predicted molar refractivity (Wildman–Crippen MR) is 80.6 cm³/mol. The fourth-order valence-electron chi connectivity index (χ4n) is 2.05. The van der Waals surface area contributed by atoms with Gasteiger partial charge in [-0.2, -0.15) is 0 Å². The van der Waals surface area contributed by atoms with Gasteiger partial charge in [0, 0.05) is 11.8 Å². The number of hydrogen-bond acceptors (Lipinski definition) is 4. The minimum Gasteiger partial charge on any atom is -0.481 e. The molecule has 0 bridgehead atoms. The van der Waals surface area contributed by atoms with Gasteiger partial charge in [-0.3, -0.25) is 0 Å². The van der Waals surface area contributed by atoms with E-state index in [1.165, 1.54) is 0 Å². The largest absolute Gasteiger partial charge is 0.487 e. The maximum atomic E-state index is 5.91. The van der Waals surface area contributed by atoms with Gasteiger partial charge < -0.3 is 14.0 Å². The van der Waals surface area contributed by atoms with E-state index in [2.05, 4.69) is 4.98 Å². The summed E-state index contributed by atoms with van der Waals surface area (Å²) in [5.74, 6) is 2.57. The maximum Gasteiger partial charge on any atom is 0.487 e. The summed E-state index contributed by atoms with van der Waals surface area (Å²) in [7, 11) is 1.29. The maximum absolute atomic E-state index is 5.91. The Labute approximate surface area is 121 Å². The zero-order valence-corrected chi connectivity index (χ0v) is 13.1. The first-order chi connectivity index (χ1) is 9.25. The third-order valence-corrected chi connectivity index (χ3v) is 3.96. The first-order valence-electron chi connectivity index (χ1n) is 6.80. The van der Waals surface area contributed by atoms with E-state index >= 15 is 0 Å². The number of methoxy groups -OCH3 is 1. The van der Waals surface area contributed by atoms with E-state index in [0.717, 1.165) is 11.1 Å². The van der Waals surface area contributed by atoms with Crippen molar-refractivity contribution < 1.29 is 14.0 Å². The molecule has 0 aliphatic carbocycles. The number of ether oxygens (including phenoxy) is 1. The first kappa shape index (κ1) is 15.1. The summed E-state index contributed by atoms with van der Waals surface area (Å²) in [6.07, 6.45) is 3.73. The molecule has 5 heteroatoms. The van der Waals surface area contributed by atoms with Crippen LogP contribution >= 0.6 is 0 Å². The molecule has 0 N–H and O–H groups in total. The van der Waals surface area contributed by atoms with Crippen LogP contribution in [0, 0.1) is 6.92 Å². The van der Waals surface area contributed by atoms with Gasteiger partial charge in [0.15, 0.2) is 0 Å². The second kappa shape index (κ2) is 5.22. The number of pyridine rings is 1. The molecule has 0 atom stereocenters. The minimum absolute atomic E-state index is 0.309. The average molecular weight is 275 g/mol. The average Bonchev–Trinajstić information content (AvgIpc) is 2.55. The number of hydrogen-bond donors (Lipinski definition) is 0. The van der Waals surface area contributed by atoms with Crippen LogP contribution in [0.1, 0.15) is 38.8 Å². The molecule has 0 aromatic carbocycles. The van der Waals surface area contributed by atoms with E-state index in [9.17, 15) is 0 Å². The molecule has 1 aliphatic heterocycles. The van der Waals surface area contributed by atoms with Gasteiger partial charge in [-0.1, -0.05) is 12.1 Å². The van der Waals surface area contributed by atoms with Crippen molar-refractivity contribution in [2.24, 2.45) is 0 Å². The lowest BCUT2D eigenvalue weighted by Crippen LogP contribution is -2.41. The summed E-state index contributed by atoms with van der Waals surface area (Å²) in [4.78, 5) is 4.24. The standard InChI is InChI=1S/C15H22BNO3/c1-11-9-12(10-17-13(11)18-6)7-8-16-19-14(2,3)15(4,5)20-16/h7-10H,1-6H3/b8-7+. The molecule has 2 rings (SSSR count). The van der Waals surface area contributed by atoms with Crippen molar-refractivity contribution in [1.82, 2.24) is 4.98 Å². The lowest BCUT2D eigenvalue weighted by atomic mass is 9.89. The number of aromatic nitrogens is 1. The highest BCUT2D eigenvalue weighted by atomic mass is 16.7. The van der Waals surface area contributed by atoms with Crippen LogP contribution in [-0.4, -0.2) is 30.4 Å². The smallest absolute Gasteiger partial charge is 0.481 e. The van der Waals surface area contributed by atoms with Crippen LogP contribution < -0.4 is 4.74 Å². The van der Waals surface area contributed by atoms with Crippen LogP contribution in [0.3, 0.4) is 0 Å². The summed E-state index contributed by atoms with van der Waals surface area (Å²) in [5.41, 5.74) is 1.38. The van der Waals surface area contributed by atoms with Gasteiger partial charge in [0.05, 0.1) is 18.3 Å². The Morgan fingerprint density at radius 1 is 1.20 bits per heavy atom. The normalized spacial score (nSPS) is 20.6. The van der Waals surface area contributed by atoms with Crippen LogP contribution in [0.25, 0.3) is 6.08 Å². The fourth-order valence-corrected chi connectivity index (χ4v) is 2.05. The number of rotatable bonds is 3. The number of nitrogens with zero attached hydrogens (tertiary/aromatic N) is 1. The molecule has 1 fully saturated rings. The SMILES string of the molecule is COc1ncc(/C=C/B2OC(C)(C)C(C)(C)O2)cc1C. The lowest BCUT2D eigenvalue weighted by Gasteiger charge is -2.32. The Morgan fingerprint density at radius 2 is 1.80 bits per heavy atom. The van der Waals surface area contributed by atoms with Crippen molar-refractivity contribution in [3.8, 4) is 5.88 Å². The van der Waals surface area contributed by atoms with E-state index in [0.29, 0.717) is 5.88 Å². The molecule has 1 aromatic heterocycles. The Kier molecular flexibility index (Phi) is 3.94. The Hall–Kier alpha value is -1.33. The minimum atomic E-state index is -0.331. The molecule has 20 heavy (non-hydrogen) atoms. The molecule has 0 amide bonds. The van der Waals surface area contributed by atoms with Gasteiger partial charge in [-0.25, -0.2) is 4.98 Å². The van der Waals surface area contributed by atoms with Crippen LogP contribution in [-0.2, 0) is 9.31 Å². The third kappa shape index (κ3) is 2.89. The summed E-state index contributed by atoms with van der Waals surface area (Å²) in [5, 5.41) is 0. The van der Waals surface area contributed by atoms with Gasteiger partial charge >= 0.3 is 7.12 Å². The summed E-state index contributed by atoms with van der Waals surface area (Å²) in [6, 6.07) is 2.02. The van der Waals surface area contributed by atoms with Crippen molar-refractivity contribution in [2.45, 2.75) is 45.8 Å². The Bertz CT molecular complexity index is 510. The molecule has 1 aliphatic rings. The van der Waals surface area contributed by atoms with Crippen LogP contribution in [0.5, 0.6) is 5.88 Å². The van der Waals surface area contributed by atoms with E-state index in [1.807, 2.05) is 52.7 Å². The van der Waals surface area contributed by atoms with Gasteiger partial charge in [0.2, 0.25) is 5.88 Å². The molecular weight excluding hydrogens is 253 g/mol. The molecule has 0 unspecified atom stereocenters. The molecule has 1 aromatic rings. The van der Waals surface area contributed by atoms with Crippen LogP contribution in [0.15, 0.2) is 18.2 Å². The second-order valence-corrected chi connectivity index (χ2v) is 6.08. The van der Waals surface area contributed by atoms with E-state index in [4.69, 9.17) is 14.0 Å². The highest BCUT2D eigenvalue weighted by molar-refractivity contribution is 6.52. The molecule has 2 heterocycles. The van der Waals surface area contributed by atoms with Gasteiger partial charge in [-0.05, 0) is 46.2 Å². The number of aryl methyl sites for hydroxylation is 1. The van der Waals surface area contributed by atoms with Crippen molar-refractivity contribution in [2.75, 3.05) is 7.11 Å². The molecule has 0 saturated carbocycles. The summed E-state index contributed by atoms with van der Waals surface area (Å²) >= 11 is 0. The van der Waals surface area contributed by atoms with Crippen molar-refractivity contribution >= 4 is 13.2 Å². The molecular formula is C15H22BNO3.